The van der Waals surface area contributed by atoms with Crippen molar-refractivity contribution in [2.75, 3.05) is 0 Å². The van der Waals surface area contributed by atoms with Crippen LogP contribution in [-0.2, 0) is 6.42 Å². The summed E-state index contributed by atoms with van der Waals surface area (Å²) in [6, 6.07) is 8.58. The van der Waals surface area contributed by atoms with E-state index in [1.165, 1.54) is 12.0 Å². The van der Waals surface area contributed by atoms with Crippen molar-refractivity contribution in [3.8, 4) is 0 Å². The Bertz CT molecular complexity index is 473. The molecule has 1 aromatic heterocycles. The molecule has 2 rings (SSSR count). The average Bonchev–Trinajstić information content (AvgIpc) is 2.76. The third-order valence-corrected chi connectivity index (χ3v) is 3.96. The van der Waals surface area contributed by atoms with Crippen LogP contribution in [0.25, 0.3) is 0 Å². The lowest BCUT2D eigenvalue weighted by Crippen LogP contribution is -2.11. The maximum atomic E-state index is 6.26. The van der Waals surface area contributed by atoms with Crippen LogP contribution in [0.3, 0.4) is 0 Å². The molecule has 90 valence electrons. The predicted octanol–water partition coefficient (Wildman–Crippen LogP) is 3.45. The van der Waals surface area contributed by atoms with E-state index in [0.29, 0.717) is 0 Å². The van der Waals surface area contributed by atoms with Gasteiger partial charge in [0.25, 0.3) is 0 Å². The van der Waals surface area contributed by atoms with Crippen molar-refractivity contribution in [1.82, 2.24) is 4.98 Å². The summed E-state index contributed by atoms with van der Waals surface area (Å²) in [7, 11) is 0. The monoisotopic (exact) mass is 246 g/mol. The first-order valence-corrected chi connectivity index (χ1v) is 6.84. The molecule has 0 radical (unpaired) electrons. The van der Waals surface area contributed by atoms with Crippen LogP contribution < -0.4 is 5.73 Å². The fraction of sp³-hybridized carbons (Fsp3) is 0.357. The fourth-order valence-electron chi connectivity index (χ4n) is 1.94. The molecule has 0 saturated heterocycles. The van der Waals surface area contributed by atoms with Crippen LogP contribution in [0.5, 0.6) is 0 Å². The molecule has 0 fully saturated rings. The van der Waals surface area contributed by atoms with Crippen molar-refractivity contribution in [3.63, 3.8) is 0 Å². The summed E-state index contributed by atoms with van der Waals surface area (Å²) < 4.78 is 0. The molecular formula is C14H18N2S. The van der Waals surface area contributed by atoms with E-state index in [9.17, 15) is 0 Å². The first-order valence-electron chi connectivity index (χ1n) is 5.96. The lowest BCUT2D eigenvalue weighted by molar-refractivity contribution is 0.870. The van der Waals surface area contributed by atoms with E-state index in [0.717, 1.165) is 22.6 Å². The highest BCUT2D eigenvalue weighted by atomic mass is 32.1. The predicted molar refractivity (Wildman–Crippen MR) is 73.3 cm³/mol. The molecule has 3 heteroatoms. The number of hydrogen-bond donors (Lipinski definition) is 1. The smallest absolute Gasteiger partial charge is 0.0798 e. The molecule has 0 bridgehead atoms. The topological polar surface area (TPSA) is 38.9 Å². The van der Waals surface area contributed by atoms with Crippen LogP contribution in [-0.4, -0.2) is 4.98 Å². The quantitative estimate of drug-likeness (QED) is 0.897. The Morgan fingerprint density at radius 1 is 1.29 bits per heavy atom. The molecule has 0 amide bonds. The van der Waals surface area contributed by atoms with Crippen molar-refractivity contribution < 1.29 is 0 Å². The molecule has 2 N–H and O–H groups in total. The molecule has 0 aliphatic carbocycles. The van der Waals surface area contributed by atoms with Gasteiger partial charge in [0, 0.05) is 4.88 Å². The summed E-state index contributed by atoms with van der Waals surface area (Å²) in [5.41, 5.74) is 11.7. The van der Waals surface area contributed by atoms with Gasteiger partial charge in [-0.15, -0.1) is 11.3 Å². The van der Waals surface area contributed by atoms with E-state index in [-0.39, 0.29) is 6.04 Å². The molecular weight excluding hydrogens is 228 g/mol. The van der Waals surface area contributed by atoms with Gasteiger partial charge in [-0.05, 0) is 24.5 Å². The third kappa shape index (κ3) is 2.73. The van der Waals surface area contributed by atoms with Crippen molar-refractivity contribution in [3.05, 3.63) is 51.5 Å². The van der Waals surface area contributed by atoms with Gasteiger partial charge >= 0.3 is 0 Å². The number of rotatable bonds is 4. The number of thiazole rings is 1. The molecule has 1 atom stereocenters. The first kappa shape index (κ1) is 12.3. The molecule has 17 heavy (non-hydrogen) atoms. The zero-order chi connectivity index (χ0) is 12.3. The Morgan fingerprint density at radius 3 is 2.53 bits per heavy atom. The second-order valence-electron chi connectivity index (χ2n) is 4.27. The zero-order valence-corrected chi connectivity index (χ0v) is 11.1. The number of nitrogens with zero attached hydrogens (tertiary/aromatic N) is 1. The minimum Gasteiger partial charge on any atom is -0.320 e. The van der Waals surface area contributed by atoms with Gasteiger partial charge in [-0.1, -0.05) is 37.6 Å². The highest BCUT2D eigenvalue weighted by Crippen LogP contribution is 2.25. The highest BCUT2D eigenvalue weighted by molar-refractivity contribution is 7.09. The number of benzene rings is 1. The van der Waals surface area contributed by atoms with Gasteiger partial charge < -0.3 is 5.73 Å². The van der Waals surface area contributed by atoms with Crippen LogP contribution in [0.2, 0.25) is 0 Å². The zero-order valence-electron chi connectivity index (χ0n) is 10.3. The van der Waals surface area contributed by atoms with Crippen molar-refractivity contribution in [1.29, 1.82) is 0 Å². The number of hydrogen-bond acceptors (Lipinski definition) is 3. The minimum atomic E-state index is -0.0434. The van der Waals surface area contributed by atoms with E-state index >= 15 is 0 Å². The highest BCUT2D eigenvalue weighted by Gasteiger charge is 2.13. The minimum absolute atomic E-state index is 0.0434. The molecule has 2 aromatic rings. The van der Waals surface area contributed by atoms with Crippen molar-refractivity contribution in [2.24, 2.45) is 5.73 Å². The Kier molecular flexibility index (Phi) is 3.92. The van der Waals surface area contributed by atoms with E-state index in [2.05, 4.69) is 36.2 Å². The fourth-order valence-corrected chi connectivity index (χ4v) is 2.77. The average molecular weight is 246 g/mol. The molecule has 2 nitrogen and oxygen atoms in total. The molecule has 0 saturated carbocycles. The lowest BCUT2D eigenvalue weighted by Gasteiger charge is -2.11. The Balaban J connectivity index is 2.20. The van der Waals surface area contributed by atoms with Gasteiger partial charge in [0.15, 0.2) is 0 Å². The third-order valence-electron chi connectivity index (χ3n) is 2.94. The SMILES string of the molecule is CCCc1ccc(C(N)c2scnc2C)cc1. The van der Waals surface area contributed by atoms with Crippen LogP contribution in [0.1, 0.15) is 41.1 Å². The normalized spacial score (nSPS) is 12.6. The lowest BCUT2D eigenvalue weighted by atomic mass is 10.0. The molecule has 1 aromatic carbocycles. The number of aryl methyl sites for hydroxylation is 2. The van der Waals surface area contributed by atoms with Gasteiger partial charge in [-0.25, -0.2) is 4.98 Å². The standard InChI is InChI=1S/C14H18N2S/c1-3-4-11-5-7-12(8-6-11)13(15)14-10(2)16-9-17-14/h5-9,13H,3-4,15H2,1-2H3. The van der Waals surface area contributed by atoms with Crippen LogP contribution in [0.15, 0.2) is 29.8 Å². The van der Waals surface area contributed by atoms with E-state index in [4.69, 9.17) is 5.73 Å². The van der Waals surface area contributed by atoms with Crippen LogP contribution in [0, 0.1) is 6.92 Å². The van der Waals surface area contributed by atoms with Crippen molar-refractivity contribution in [2.45, 2.75) is 32.7 Å². The first-order chi connectivity index (χ1) is 8.22. The van der Waals surface area contributed by atoms with Crippen molar-refractivity contribution >= 4 is 11.3 Å². The number of nitrogens with two attached hydrogens (primary N) is 1. The summed E-state index contributed by atoms with van der Waals surface area (Å²) in [5, 5.41) is 0. The molecule has 1 unspecified atom stereocenters. The van der Waals surface area contributed by atoms with Gasteiger partial charge in [-0.3, -0.25) is 0 Å². The van der Waals surface area contributed by atoms with Gasteiger partial charge in [0.05, 0.1) is 17.2 Å². The van der Waals surface area contributed by atoms with E-state index in [1.54, 1.807) is 11.3 Å². The number of aromatic nitrogens is 1. The molecule has 0 spiro atoms. The largest absolute Gasteiger partial charge is 0.320 e. The molecule has 0 aliphatic rings. The van der Waals surface area contributed by atoms with Gasteiger partial charge in [-0.2, -0.15) is 0 Å². The molecule has 1 heterocycles. The summed E-state index contributed by atoms with van der Waals surface area (Å²) in [6.07, 6.45) is 2.31. The Hall–Kier alpha value is -1.19. The van der Waals surface area contributed by atoms with Crippen LogP contribution >= 0.6 is 11.3 Å². The van der Waals surface area contributed by atoms with Crippen LogP contribution in [0.4, 0.5) is 0 Å². The van der Waals surface area contributed by atoms with Gasteiger partial charge in [0.2, 0.25) is 0 Å². The Morgan fingerprint density at radius 2 is 2.00 bits per heavy atom. The second kappa shape index (κ2) is 5.43. The summed E-state index contributed by atoms with van der Waals surface area (Å²) in [4.78, 5) is 5.41. The second-order valence-corrected chi connectivity index (χ2v) is 5.16. The summed E-state index contributed by atoms with van der Waals surface area (Å²) >= 11 is 1.63. The summed E-state index contributed by atoms with van der Waals surface area (Å²) in [5.74, 6) is 0. The van der Waals surface area contributed by atoms with E-state index in [1.807, 2.05) is 12.4 Å². The van der Waals surface area contributed by atoms with E-state index < -0.39 is 0 Å². The maximum absolute atomic E-state index is 6.26. The van der Waals surface area contributed by atoms with Gasteiger partial charge in [0.1, 0.15) is 0 Å². The Labute approximate surface area is 107 Å². The molecule has 0 aliphatic heterocycles. The maximum Gasteiger partial charge on any atom is 0.0798 e. The summed E-state index contributed by atoms with van der Waals surface area (Å²) in [6.45, 7) is 4.21.